The number of aryl methyl sites for hydroxylation is 6. The van der Waals surface area contributed by atoms with Crippen LogP contribution in [0.3, 0.4) is 0 Å². The summed E-state index contributed by atoms with van der Waals surface area (Å²) in [5.74, 6) is 3.52. The molecule has 2 aliphatic heterocycles. The second kappa shape index (κ2) is 20.3. The van der Waals surface area contributed by atoms with Crippen LogP contribution in [-0.4, -0.2) is 13.4 Å². The van der Waals surface area contributed by atoms with Crippen LogP contribution in [0.5, 0.6) is 23.0 Å². The lowest BCUT2D eigenvalue weighted by atomic mass is 9.33. The fraction of sp³-hybridized carbons (Fsp3) is 0.0732. The molecular weight excluding hydrogens is 1040 g/mol. The number of hydrogen-bond acceptors (Lipinski definition) is 2. The molecule has 0 spiro atoms. The first-order chi connectivity index (χ1) is 42.2. The molecule has 86 heavy (non-hydrogen) atoms. The molecule has 4 heteroatoms. The Morgan fingerprint density at radius 3 is 0.872 bits per heavy atom. The van der Waals surface area contributed by atoms with E-state index in [2.05, 4.69) is 296 Å². The molecule has 406 valence electrons. The van der Waals surface area contributed by atoms with Gasteiger partial charge in [-0.15, -0.1) is 0 Å². The van der Waals surface area contributed by atoms with Crippen molar-refractivity contribution in [3.05, 3.63) is 288 Å². The van der Waals surface area contributed by atoms with Crippen LogP contribution in [0, 0.1) is 41.5 Å². The monoisotopic (exact) mass is 1100 g/mol. The van der Waals surface area contributed by atoms with Gasteiger partial charge in [0.15, 0.2) is 0 Å². The molecule has 0 atom stereocenters. The molecule has 2 aliphatic rings. The van der Waals surface area contributed by atoms with E-state index in [-0.39, 0.29) is 13.4 Å². The number of rotatable bonds is 8. The normalized spacial score (nSPS) is 12.4. The van der Waals surface area contributed by atoms with Gasteiger partial charge < -0.3 is 9.47 Å². The van der Waals surface area contributed by atoms with Gasteiger partial charge >= 0.3 is 0 Å². The smallest absolute Gasteiger partial charge is 0.252 e. The van der Waals surface area contributed by atoms with Crippen molar-refractivity contribution in [2.75, 3.05) is 0 Å². The number of hydrogen-bond donors (Lipinski definition) is 0. The summed E-state index contributed by atoms with van der Waals surface area (Å²) in [5.41, 5.74) is 28.8. The van der Waals surface area contributed by atoms with E-state index in [9.17, 15) is 0 Å². The van der Waals surface area contributed by atoms with E-state index in [1.54, 1.807) is 0 Å². The Kier molecular flexibility index (Phi) is 12.1. The van der Waals surface area contributed by atoms with Crippen molar-refractivity contribution in [2.45, 2.75) is 41.5 Å². The minimum absolute atomic E-state index is 0.184. The van der Waals surface area contributed by atoms with Crippen LogP contribution in [0.4, 0.5) is 0 Å². The molecule has 2 nitrogen and oxygen atoms in total. The molecule has 2 heterocycles. The summed E-state index contributed by atoms with van der Waals surface area (Å²) < 4.78 is 15.5. The van der Waals surface area contributed by atoms with Crippen LogP contribution in [-0.2, 0) is 0 Å². The van der Waals surface area contributed by atoms with Gasteiger partial charge in [0.05, 0.1) is 0 Å². The van der Waals surface area contributed by atoms with E-state index in [0.717, 1.165) is 111 Å². The Morgan fingerprint density at radius 2 is 0.547 bits per heavy atom. The van der Waals surface area contributed by atoms with Gasteiger partial charge in [0.25, 0.3) is 13.4 Å². The summed E-state index contributed by atoms with van der Waals surface area (Å²) in [6.07, 6.45) is 0. The molecule has 0 saturated heterocycles. The number of benzene rings is 14. The van der Waals surface area contributed by atoms with Crippen LogP contribution in [0.25, 0.3) is 99.1 Å². The fourth-order valence-corrected chi connectivity index (χ4v) is 15.5. The van der Waals surface area contributed by atoms with Gasteiger partial charge in [-0.25, -0.2) is 0 Å². The quantitative estimate of drug-likeness (QED) is 0.112. The van der Waals surface area contributed by atoms with E-state index in [1.807, 2.05) is 0 Å². The summed E-state index contributed by atoms with van der Waals surface area (Å²) in [6, 6.07) is 94.5. The highest BCUT2D eigenvalue weighted by atomic mass is 16.5. The van der Waals surface area contributed by atoms with Gasteiger partial charge in [0.2, 0.25) is 0 Å². The molecule has 0 amide bonds. The van der Waals surface area contributed by atoms with Gasteiger partial charge in [-0.05, 0) is 165 Å². The van der Waals surface area contributed by atoms with Crippen LogP contribution in [0.2, 0.25) is 0 Å². The predicted molar refractivity (Wildman–Crippen MR) is 366 cm³/mol. The molecule has 14 aromatic carbocycles. The zero-order valence-corrected chi connectivity index (χ0v) is 49.2. The lowest BCUT2D eigenvalue weighted by molar-refractivity contribution is 0.493. The first-order valence-electron chi connectivity index (χ1n) is 30.2. The maximum atomic E-state index is 7.75. The molecule has 0 fully saturated rings. The molecule has 14 aromatic rings. The molecule has 0 N–H and O–H groups in total. The van der Waals surface area contributed by atoms with E-state index in [4.69, 9.17) is 9.47 Å². The molecule has 16 rings (SSSR count). The van der Waals surface area contributed by atoms with Crippen molar-refractivity contribution < 1.29 is 9.47 Å². The number of fused-ring (bicyclic) bond motifs is 6. The fourth-order valence-electron chi connectivity index (χ4n) is 15.5. The Hall–Kier alpha value is -10.2. The highest BCUT2D eigenvalue weighted by Gasteiger charge is 2.43. The lowest BCUT2D eigenvalue weighted by Crippen LogP contribution is -2.57. The standard InChI is InChI=1S/C82H60B2O2/c1-49-45-51(3)77(52(4)46-49)83-67-37-19-21-39-69(67)85-81-65-43-42-64-74-66(44-41-63(73(65)74)75(79(81)83)71-59(55-25-11-7-12-26-55)33-23-34-60(71)56-27-13-8-14-28-56)82-80(84(68-38-20-22-40-70(68)86-82)78-53(5)47-50(2)48-54(78)6)76(64)72-61(57-29-15-9-16-30-57)35-24-36-62(72)58-31-17-10-18-32-58/h7-48H,1-6H3. The first-order valence-corrected chi connectivity index (χ1v) is 30.2. The van der Waals surface area contributed by atoms with Crippen molar-refractivity contribution in [3.8, 4) is 89.8 Å². The Morgan fingerprint density at radius 1 is 0.256 bits per heavy atom. The lowest BCUT2D eigenvalue weighted by Gasteiger charge is -2.35. The van der Waals surface area contributed by atoms with Crippen molar-refractivity contribution in [1.82, 2.24) is 0 Å². The van der Waals surface area contributed by atoms with Crippen molar-refractivity contribution in [2.24, 2.45) is 0 Å². The number of ether oxygens (including phenoxy) is 2. The second-order valence-electron chi connectivity index (χ2n) is 24.0. The zero-order valence-electron chi connectivity index (χ0n) is 49.2. The van der Waals surface area contributed by atoms with E-state index >= 15 is 0 Å². The van der Waals surface area contributed by atoms with Crippen molar-refractivity contribution >= 4 is 78.5 Å². The maximum Gasteiger partial charge on any atom is 0.252 e. The summed E-state index contributed by atoms with van der Waals surface area (Å²) in [6.45, 7) is 13.3. The third-order valence-electron chi connectivity index (χ3n) is 18.7. The molecule has 0 saturated carbocycles. The van der Waals surface area contributed by atoms with Gasteiger partial charge in [0, 0.05) is 21.5 Å². The van der Waals surface area contributed by atoms with Gasteiger partial charge in [-0.1, -0.05) is 275 Å². The van der Waals surface area contributed by atoms with E-state index in [0.29, 0.717) is 0 Å². The maximum absolute atomic E-state index is 7.75. The summed E-state index contributed by atoms with van der Waals surface area (Å²) in [4.78, 5) is 0. The second-order valence-corrected chi connectivity index (χ2v) is 24.0. The van der Waals surface area contributed by atoms with Crippen molar-refractivity contribution in [1.29, 1.82) is 0 Å². The summed E-state index contributed by atoms with van der Waals surface area (Å²) in [5, 5.41) is 6.76. The summed E-state index contributed by atoms with van der Waals surface area (Å²) in [7, 11) is 0. The van der Waals surface area contributed by atoms with Gasteiger partial charge in [-0.3, -0.25) is 0 Å². The Labute approximate surface area is 504 Å². The molecule has 0 aromatic heterocycles. The third kappa shape index (κ3) is 7.96. The van der Waals surface area contributed by atoms with Gasteiger partial charge in [0.1, 0.15) is 23.0 Å². The zero-order chi connectivity index (χ0) is 57.9. The topological polar surface area (TPSA) is 18.5 Å². The Balaban J connectivity index is 1.16. The third-order valence-corrected chi connectivity index (χ3v) is 18.7. The minimum atomic E-state index is -0.184. The molecular formula is C82H60B2O2. The van der Waals surface area contributed by atoms with E-state index in [1.165, 1.54) is 77.5 Å². The predicted octanol–water partition coefficient (Wildman–Crippen LogP) is 17.7. The van der Waals surface area contributed by atoms with Gasteiger partial charge in [-0.2, -0.15) is 0 Å². The minimum Gasteiger partial charge on any atom is -0.458 e. The summed E-state index contributed by atoms with van der Waals surface area (Å²) >= 11 is 0. The highest BCUT2D eigenvalue weighted by molar-refractivity contribution is 6.99. The molecule has 0 unspecified atom stereocenters. The first kappa shape index (κ1) is 51.5. The molecule has 0 radical (unpaired) electrons. The molecule has 0 aliphatic carbocycles. The number of para-hydroxylation sites is 2. The van der Waals surface area contributed by atoms with Crippen LogP contribution >= 0.6 is 0 Å². The average Bonchev–Trinajstić information content (AvgIpc) is 0.735. The van der Waals surface area contributed by atoms with E-state index < -0.39 is 0 Å². The highest BCUT2D eigenvalue weighted by Crippen LogP contribution is 2.54. The van der Waals surface area contributed by atoms with Crippen molar-refractivity contribution in [3.63, 3.8) is 0 Å². The van der Waals surface area contributed by atoms with Crippen LogP contribution < -0.4 is 42.3 Å². The van der Waals surface area contributed by atoms with Crippen LogP contribution in [0.15, 0.2) is 255 Å². The largest absolute Gasteiger partial charge is 0.458 e. The molecule has 0 bridgehead atoms. The SMILES string of the molecule is Cc1cc(C)c(B2c3ccccc3Oc3c2c(-c2c(-c4ccccc4)cccc2-c2ccccc2)c2ccc4c5c(c(-c6c(-c7ccccc7)cccc6-c6ccccc6)c6ccc3c2c46)B(c2c(C)cc(C)cc2C)c2ccccc2O5)c(C)c1. The average molecular weight is 1100 g/mol. The van der Waals surface area contributed by atoms with Crippen LogP contribution in [0.1, 0.15) is 33.4 Å². The Bertz CT molecular complexity index is 4570.